The van der Waals surface area contributed by atoms with E-state index in [9.17, 15) is 0 Å². The molecule has 84 valence electrons. The first-order valence-corrected chi connectivity index (χ1v) is 5.46. The van der Waals surface area contributed by atoms with Crippen molar-refractivity contribution in [3.05, 3.63) is 42.0 Å². The molecule has 0 aliphatic carbocycles. The van der Waals surface area contributed by atoms with E-state index in [1.807, 2.05) is 25.4 Å². The molecule has 0 amide bonds. The summed E-state index contributed by atoms with van der Waals surface area (Å²) in [7, 11) is 0. The molecule has 1 N–H and O–H groups in total. The lowest BCUT2D eigenvalue weighted by Crippen LogP contribution is -2.07. The second-order valence-corrected chi connectivity index (χ2v) is 3.72. The molecule has 4 heteroatoms. The molecule has 0 aromatic carbocycles. The molecule has 4 nitrogen and oxygen atoms in total. The lowest BCUT2D eigenvalue weighted by Gasteiger charge is -2.08. The van der Waals surface area contributed by atoms with E-state index in [4.69, 9.17) is 0 Å². The molecule has 0 atom stereocenters. The Kier molecular flexibility index (Phi) is 3.19. The molecule has 2 aromatic rings. The van der Waals surface area contributed by atoms with Gasteiger partial charge < -0.3 is 9.88 Å². The van der Waals surface area contributed by atoms with Gasteiger partial charge in [-0.15, -0.1) is 0 Å². The highest BCUT2D eigenvalue weighted by molar-refractivity contribution is 5.27. The molecule has 0 radical (unpaired) electrons. The van der Waals surface area contributed by atoms with E-state index in [2.05, 4.69) is 32.8 Å². The highest BCUT2D eigenvalue weighted by atomic mass is 15.2. The Morgan fingerprint density at radius 3 is 2.88 bits per heavy atom. The van der Waals surface area contributed by atoms with Crippen LogP contribution in [0, 0.1) is 6.92 Å². The van der Waals surface area contributed by atoms with Crippen LogP contribution in [-0.4, -0.2) is 21.1 Å². The van der Waals surface area contributed by atoms with Gasteiger partial charge in [0.1, 0.15) is 0 Å². The molecule has 0 fully saturated rings. The second-order valence-electron chi connectivity index (χ2n) is 3.72. The maximum Gasteiger partial charge on any atom is 0.203 e. The van der Waals surface area contributed by atoms with Crippen molar-refractivity contribution in [2.24, 2.45) is 0 Å². The van der Waals surface area contributed by atoms with Crippen LogP contribution < -0.4 is 5.32 Å². The molecule has 2 heterocycles. The molecule has 0 bridgehead atoms. The fourth-order valence-corrected chi connectivity index (χ4v) is 1.55. The number of aromatic nitrogens is 3. The van der Waals surface area contributed by atoms with Crippen molar-refractivity contribution in [1.29, 1.82) is 0 Å². The van der Waals surface area contributed by atoms with Gasteiger partial charge in [0, 0.05) is 30.8 Å². The predicted octanol–water partition coefficient (Wildman–Crippen LogP) is 2.07. The van der Waals surface area contributed by atoms with Crippen molar-refractivity contribution in [1.82, 2.24) is 14.5 Å². The lowest BCUT2D eigenvalue weighted by molar-refractivity contribution is 0.795. The number of hydrogen-bond donors (Lipinski definition) is 1. The van der Waals surface area contributed by atoms with Crippen LogP contribution in [0.3, 0.4) is 0 Å². The van der Waals surface area contributed by atoms with Crippen molar-refractivity contribution in [3.8, 4) is 0 Å². The highest BCUT2D eigenvalue weighted by Gasteiger charge is 2.01. The third-order valence-corrected chi connectivity index (χ3v) is 2.38. The molecule has 0 unspecified atom stereocenters. The van der Waals surface area contributed by atoms with Gasteiger partial charge >= 0.3 is 0 Å². The lowest BCUT2D eigenvalue weighted by atomic mass is 10.2. The van der Waals surface area contributed by atoms with Gasteiger partial charge in [0.2, 0.25) is 5.95 Å². The van der Waals surface area contributed by atoms with Gasteiger partial charge in [0.15, 0.2) is 0 Å². The molecule has 0 saturated carbocycles. The van der Waals surface area contributed by atoms with Crippen LogP contribution in [0.15, 0.2) is 30.7 Å². The first-order valence-electron chi connectivity index (χ1n) is 5.46. The smallest absolute Gasteiger partial charge is 0.203 e. The van der Waals surface area contributed by atoms with Gasteiger partial charge in [-0.2, -0.15) is 0 Å². The Labute approximate surface area is 95.4 Å². The highest BCUT2D eigenvalue weighted by Crippen LogP contribution is 2.08. The van der Waals surface area contributed by atoms with Gasteiger partial charge in [-0.05, 0) is 25.5 Å². The number of rotatable bonds is 4. The SMILES string of the molecule is CCNc1nccn1Cc1ccc(C)nc1. The maximum atomic E-state index is 4.28. The Bertz CT molecular complexity index is 444. The van der Waals surface area contributed by atoms with E-state index in [0.29, 0.717) is 0 Å². The number of nitrogens with one attached hydrogen (secondary N) is 1. The molecular weight excluding hydrogens is 200 g/mol. The van der Waals surface area contributed by atoms with Crippen LogP contribution in [0.4, 0.5) is 5.95 Å². The predicted molar refractivity (Wildman–Crippen MR) is 64.5 cm³/mol. The second kappa shape index (κ2) is 4.79. The molecule has 16 heavy (non-hydrogen) atoms. The number of anilines is 1. The summed E-state index contributed by atoms with van der Waals surface area (Å²) in [6, 6.07) is 4.12. The average molecular weight is 216 g/mol. The largest absolute Gasteiger partial charge is 0.356 e. The third-order valence-electron chi connectivity index (χ3n) is 2.38. The van der Waals surface area contributed by atoms with E-state index in [1.165, 1.54) is 5.56 Å². The van der Waals surface area contributed by atoms with Crippen LogP contribution in [0.2, 0.25) is 0 Å². The van der Waals surface area contributed by atoms with Crippen LogP contribution in [0.5, 0.6) is 0 Å². The summed E-state index contributed by atoms with van der Waals surface area (Å²) in [5.74, 6) is 0.906. The van der Waals surface area contributed by atoms with Gasteiger partial charge in [-0.3, -0.25) is 4.98 Å². The molecular formula is C12H16N4. The monoisotopic (exact) mass is 216 g/mol. The van der Waals surface area contributed by atoms with Gasteiger partial charge in [0.05, 0.1) is 6.54 Å². The van der Waals surface area contributed by atoms with E-state index in [-0.39, 0.29) is 0 Å². The van der Waals surface area contributed by atoms with Crippen LogP contribution in [0.1, 0.15) is 18.2 Å². The Balaban J connectivity index is 2.13. The van der Waals surface area contributed by atoms with Crippen molar-refractivity contribution >= 4 is 5.95 Å². The normalized spacial score (nSPS) is 10.4. The fraction of sp³-hybridized carbons (Fsp3) is 0.333. The van der Waals surface area contributed by atoms with Gasteiger partial charge in [0.25, 0.3) is 0 Å². The van der Waals surface area contributed by atoms with Crippen molar-refractivity contribution in [2.45, 2.75) is 20.4 Å². The third kappa shape index (κ3) is 2.39. The number of imidazole rings is 1. The Morgan fingerprint density at radius 2 is 2.19 bits per heavy atom. The molecule has 2 aromatic heterocycles. The summed E-state index contributed by atoms with van der Waals surface area (Å²) in [5, 5.41) is 3.22. The molecule has 0 saturated heterocycles. The quantitative estimate of drug-likeness (QED) is 0.850. The molecule has 0 aliphatic rings. The standard InChI is InChI=1S/C12H16N4/c1-3-13-12-14-6-7-16(12)9-11-5-4-10(2)15-8-11/h4-8H,3,9H2,1-2H3,(H,13,14). The number of pyridine rings is 1. The minimum atomic E-state index is 0.801. The summed E-state index contributed by atoms with van der Waals surface area (Å²) in [5.41, 5.74) is 2.23. The number of hydrogen-bond acceptors (Lipinski definition) is 3. The zero-order valence-electron chi connectivity index (χ0n) is 9.64. The van der Waals surface area contributed by atoms with E-state index in [0.717, 1.165) is 24.7 Å². The summed E-state index contributed by atoms with van der Waals surface area (Å²) >= 11 is 0. The van der Waals surface area contributed by atoms with Crippen molar-refractivity contribution in [2.75, 3.05) is 11.9 Å². The first-order chi connectivity index (χ1) is 7.79. The summed E-state index contributed by atoms with van der Waals surface area (Å²) in [6.45, 7) is 5.73. The average Bonchev–Trinajstić information content (AvgIpc) is 2.70. The van der Waals surface area contributed by atoms with Crippen molar-refractivity contribution < 1.29 is 0 Å². The van der Waals surface area contributed by atoms with Crippen LogP contribution in [0.25, 0.3) is 0 Å². The summed E-state index contributed by atoms with van der Waals surface area (Å²) in [6.07, 6.45) is 5.68. The summed E-state index contributed by atoms with van der Waals surface area (Å²) in [4.78, 5) is 8.53. The molecule has 0 spiro atoms. The Hall–Kier alpha value is -1.84. The molecule has 0 aliphatic heterocycles. The number of nitrogens with zero attached hydrogens (tertiary/aromatic N) is 3. The summed E-state index contributed by atoms with van der Waals surface area (Å²) < 4.78 is 2.08. The van der Waals surface area contributed by atoms with E-state index < -0.39 is 0 Å². The van der Waals surface area contributed by atoms with Gasteiger partial charge in [-0.25, -0.2) is 4.98 Å². The fourth-order valence-electron chi connectivity index (χ4n) is 1.55. The minimum absolute atomic E-state index is 0.801. The number of aryl methyl sites for hydroxylation is 1. The van der Waals surface area contributed by atoms with Crippen LogP contribution in [-0.2, 0) is 6.54 Å². The zero-order valence-corrected chi connectivity index (χ0v) is 9.64. The van der Waals surface area contributed by atoms with Crippen molar-refractivity contribution in [3.63, 3.8) is 0 Å². The van der Waals surface area contributed by atoms with Crippen LogP contribution >= 0.6 is 0 Å². The minimum Gasteiger partial charge on any atom is -0.356 e. The Morgan fingerprint density at radius 1 is 1.31 bits per heavy atom. The zero-order chi connectivity index (χ0) is 11.4. The molecule has 2 rings (SSSR count). The van der Waals surface area contributed by atoms with Gasteiger partial charge in [-0.1, -0.05) is 6.07 Å². The van der Waals surface area contributed by atoms with E-state index >= 15 is 0 Å². The first kappa shape index (κ1) is 10.7. The van der Waals surface area contributed by atoms with E-state index in [1.54, 1.807) is 6.20 Å². The maximum absolute atomic E-state index is 4.28. The topological polar surface area (TPSA) is 42.7 Å².